The van der Waals surface area contributed by atoms with Crippen LogP contribution in [-0.4, -0.2) is 46.4 Å². The molecule has 1 fully saturated rings. The van der Waals surface area contributed by atoms with Crippen LogP contribution in [0.1, 0.15) is 37.8 Å². The average molecular weight is 370 g/mol. The summed E-state index contributed by atoms with van der Waals surface area (Å²) < 4.78 is 1.99. The maximum absolute atomic E-state index is 4.75. The SMILES string of the molecule is CCCCNC(=NCc1nnc(C)n1C)NC1CCN(c2ccccc2)C1. The molecular weight excluding hydrogens is 338 g/mol. The summed E-state index contributed by atoms with van der Waals surface area (Å²) in [6.07, 6.45) is 3.39. The van der Waals surface area contributed by atoms with E-state index in [0.29, 0.717) is 12.6 Å². The van der Waals surface area contributed by atoms with Gasteiger partial charge >= 0.3 is 0 Å². The molecule has 2 N–H and O–H groups in total. The lowest BCUT2D eigenvalue weighted by atomic mass is 10.2. The van der Waals surface area contributed by atoms with Crippen LogP contribution in [0.5, 0.6) is 0 Å². The summed E-state index contributed by atoms with van der Waals surface area (Å²) >= 11 is 0. The first-order chi connectivity index (χ1) is 13.2. The molecule has 1 aromatic heterocycles. The van der Waals surface area contributed by atoms with Crippen LogP contribution in [0.3, 0.4) is 0 Å². The number of rotatable bonds is 7. The van der Waals surface area contributed by atoms with E-state index in [-0.39, 0.29) is 0 Å². The monoisotopic (exact) mass is 369 g/mol. The third-order valence-corrected chi connectivity index (χ3v) is 5.03. The summed E-state index contributed by atoms with van der Waals surface area (Å²) in [7, 11) is 1.98. The third kappa shape index (κ3) is 5.21. The van der Waals surface area contributed by atoms with Crippen LogP contribution in [-0.2, 0) is 13.6 Å². The minimum atomic E-state index is 0.388. The molecule has 27 heavy (non-hydrogen) atoms. The topological polar surface area (TPSA) is 70.4 Å². The molecule has 1 aromatic carbocycles. The first kappa shape index (κ1) is 19.2. The fraction of sp³-hybridized carbons (Fsp3) is 0.550. The van der Waals surface area contributed by atoms with Crippen molar-refractivity contribution in [2.24, 2.45) is 12.0 Å². The molecule has 0 radical (unpaired) electrons. The minimum absolute atomic E-state index is 0.388. The Hall–Kier alpha value is -2.57. The molecule has 0 aliphatic carbocycles. The second-order valence-electron chi connectivity index (χ2n) is 7.08. The lowest BCUT2D eigenvalue weighted by Gasteiger charge is -2.20. The van der Waals surface area contributed by atoms with Gasteiger partial charge in [-0.1, -0.05) is 31.5 Å². The Morgan fingerprint density at radius 1 is 1.26 bits per heavy atom. The smallest absolute Gasteiger partial charge is 0.191 e. The van der Waals surface area contributed by atoms with E-state index in [2.05, 4.69) is 63.0 Å². The van der Waals surface area contributed by atoms with Gasteiger partial charge in [0.15, 0.2) is 11.8 Å². The number of nitrogens with one attached hydrogen (secondary N) is 2. The fourth-order valence-electron chi connectivity index (χ4n) is 3.22. The van der Waals surface area contributed by atoms with Crippen molar-refractivity contribution in [2.75, 3.05) is 24.5 Å². The van der Waals surface area contributed by atoms with E-state index in [9.17, 15) is 0 Å². The van der Waals surface area contributed by atoms with E-state index in [1.807, 2.05) is 18.5 Å². The van der Waals surface area contributed by atoms with Crippen LogP contribution in [0.15, 0.2) is 35.3 Å². The largest absolute Gasteiger partial charge is 0.369 e. The second kappa shape index (κ2) is 9.39. The van der Waals surface area contributed by atoms with E-state index in [0.717, 1.165) is 56.5 Å². The van der Waals surface area contributed by atoms with E-state index in [4.69, 9.17) is 4.99 Å². The normalized spacial score (nSPS) is 17.4. The van der Waals surface area contributed by atoms with Crippen LogP contribution >= 0.6 is 0 Å². The number of benzene rings is 1. The van der Waals surface area contributed by atoms with Crippen molar-refractivity contribution in [3.63, 3.8) is 0 Å². The molecule has 1 saturated heterocycles. The molecule has 7 nitrogen and oxygen atoms in total. The van der Waals surface area contributed by atoms with Crippen molar-refractivity contribution in [3.05, 3.63) is 42.0 Å². The zero-order valence-corrected chi connectivity index (χ0v) is 16.6. The third-order valence-electron chi connectivity index (χ3n) is 5.03. The minimum Gasteiger partial charge on any atom is -0.369 e. The van der Waals surface area contributed by atoms with Crippen LogP contribution in [0.25, 0.3) is 0 Å². The lowest BCUT2D eigenvalue weighted by Crippen LogP contribution is -2.45. The molecule has 1 atom stereocenters. The van der Waals surface area contributed by atoms with Crippen molar-refractivity contribution in [1.29, 1.82) is 0 Å². The van der Waals surface area contributed by atoms with Gasteiger partial charge in [-0.2, -0.15) is 0 Å². The van der Waals surface area contributed by atoms with E-state index >= 15 is 0 Å². The highest BCUT2D eigenvalue weighted by atomic mass is 15.3. The summed E-state index contributed by atoms with van der Waals surface area (Å²) in [6, 6.07) is 11.0. The molecule has 1 unspecified atom stereocenters. The maximum Gasteiger partial charge on any atom is 0.191 e. The van der Waals surface area contributed by atoms with Gasteiger partial charge in [-0.3, -0.25) is 0 Å². The highest BCUT2D eigenvalue weighted by Gasteiger charge is 2.23. The molecule has 3 rings (SSSR count). The number of aliphatic imine (C=N–C) groups is 1. The van der Waals surface area contributed by atoms with Gasteiger partial charge in [0.2, 0.25) is 0 Å². The van der Waals surface area contributed by atoms with Crippen molar-refractivity contribution in [3.8, 4) is 0 Å². The zero-order chi connectivity index (χ0) is 19.1. The molecular formula is C20H31N7. The Bertz CT molecular complexity index is 738. The molecule has 146 valence electrons. The summed E-state index contributed by atoms with van der Waals surface area (Å²) in [5, 5.41) is 15.4. The van der Waals surface area contributed by atoms with E-state index in [1.165, 1.54) is 5.69 Å². The maximum atomic E-state index is 4.75. The number of anilines is 1. The summed E-state index contributed by atoms with van der Waals surface area (Å²) in [6.45, 7) is 7.65. The second-order valence-corrected chi connectivity index (χ2v) is 7.08. The van der Waals surface area contributed by atoms with Gasteiger partial charge < -0.3 is 20.1 Å². The standard InChI is InChI=1S/C20H31N7/c1-4-5-12-21-20(22-14-19-25-24-16(2)26(19)3)23-17-11-13-27(15-17)18-9-7-6-8-10-18/h6-10,17H,4-5,11-15H2,1-3H3,(H2,21,22,23). The van der Waals surface area contributed by atoms with Crippen LogP contribution in [0, 0.1) is 6.92 Å². The number of guanidine groups is 1. The molecule has 0 bridgehead atoms. The average Bonchev–Trinajstić information content (AvgIpc) is 3.28. The van der Waals surface area contributed by atoms with Crippen molar-refractivity contribution in [1.82, 2.24) is 25.4 Å². The predicted octanol–water partition coefficient (Wildman–Crippen LogP) is 2.24. The van der Waals surface area contributed by atoms with Gasteiger partial charge in [0, 0.05) is 38.4 Å². The molecule has 2 heterocycles. The first-order valence-corrected chi connectivity index (χ1v) is 9.87. The fourth-order valence-corrected chi connectivity index (χ4v) is 3.22. The quantitative estimate of drug-likeness (QED) is 0.445. The number of nitrogens with zero attached hydrogens (tertiary/aromatic N) is 5. The van der Waals surface area contributed by atoms with Gasteiger partial charge in [0.1, 0.15) is 12.4 Å². The Labute approximate surface area is 161 Å². The summed E-state index contributed by atoms with van der Waals surface area (Å²) in [4.78, 5) is 7.18. The number of para-hydroxylation sites is 1. The molecule has 2 aromatic rings. The summed E-state index contributed by atoms with van der Waals surface area (Å²) in [5.41, 5.74) is 1.29. The Morgan fingerprint density at radius 2 is 2.07 bits per heavy atom. The molecule has 1 aliphatic heterocycles. The van der Waals surface area contributed by atoms with Gasteiger partial charge in [0.25, 0.3) is 0 Å². The molecule has 0 spiro atoms. The zero-order valence-electron chi connectivity index (χ0n) is 16.6. The van der Waals surface area contributed by atoms with Gasteiger partial charge in [-0.05, 0) is 31.9 Å². The van der Waals surface area contributed by atoms with E-state index < -0.39 is 0 Å². The van der Waals surface area contributed by atoms with Gasteiger partial charge in [-0.25, -0.2) is 4.99 Å². The molecule has 1 aliphatic rings. The molecule has 0 saturated carbocycles. The lowest BCUT2D eigenvalue weighted by molar-refractivity contribution is 0.636. The van der Waals surface area contributed by atoms with E-state index in [1.54, 1.807) is 0 Å². The van der Waals surface area contributed by atoms with Crippen LogP contribution in [0.2, 0.25) is 0 Å². The van der Waals surface area contributed by atoms with Gasteiger partial charge in [0.05, 0.1) is 0 Å². The predicted molar refractivity (Wildman–Crippen MR) is 110 cm³/mol. The molecule has 0 amide bonds. The van der Waals surface area contributed by atoms with Crippen molar-refractivity contribution < 1.29 is 0 Å². The first-order valence-electron chi connectivity index (χ1n) is 9.87. The van der Waals surface area contributed by atoms with Crippen molar-refractivity contribution in [2.45, 2.75) is 45.7 Å². The van der Waals surface area contributed by atoms with Gasteiger partial charge in [-0.15, -0.1) is 10.2 Å². The van der Waals surface area contributed by atoms with Crippen LogP contribution in [0.4, 0.5) is 5.69 Å². The Balaban J connectivity index is 1.61. The van der Waals surface area contributed by atoms with Crippen LogP contribution < -0.4 is 15.5 Å². The highest BCUT2D eigenvalue weighted by molar-refractivity contribution is 5.80. The highest BCUT2D eigenvalue weighted by Crippen LogP contribution is 2.19. The number of aromatic nitrogens is 3. The Kier molecular flexibility index (Phi) is 6.68. The Morgan fingerprint density at radius 3 is 2.78 bits per heavy atom. The number of hydrogen-bond donors (Lipinski definition) is 2. The number of aryl methyl sites for hydroxylation is 1. The number of hydrogen-bond acceptors (Lipinski definition) is 4. The summed E-state index contributed by atoms with van der Waals surface area (Å²) in [5.74, 6) is 2.65. The van der Waals surface area contributed by atoms with Crippen molar-refractivity contribution >= 4 is 11.6 Å². The number of unbranched alkanes of at least 4 members (excludes halogenated alkanes) is 1. The molecule has 7 heteroatoms.